The molecular formula is C20H35NO2S. The largest absolute Gasteiger partial charge is 0.593 e. The molecule has 0 radical (unpaired) electrons. The summed E-state index contributed by atoms with van der Waals surface area (Å²) in [6, 6.07) is 7.80. The number of unbranched alkanes of at least 4 members (excludes halogenated alkanes) is 8. The molecule has 0 fully saturated rings. The predicted octanol–water partition coefficient (Wildman–Crippen LogP) is 5.35. The molecule has 1 rings (SSSR count). The zero-order chi connectivity index (χ0) is 17.6. The molecule has 24 heavy (non-hydrogen) atoms. The number of aryl methyl sites for hydroxylation is 1. The van der Waals surface area contributed by atoms with E-state index in [9.17, 15) is 9.66 Å². The maximum atomic E-state index is 12.0. The van der Waals surface area contributed by atoms with Crippen LogP contribution in [0.5, 0.6) is 0 Å². The topological polar surface area (TPSA) is 55.3 Å². The second-order valence-electron chi connectivity index (χ2n) is 6.75. The average molecular weight is 354 g/mol. The van der Waals surface area contributed by atoms with Gasteiger partial charge in [-0.2, -0.15) is 0 Å². The molecule has 138 valence electrons. The molecule has 2 atom stereocenters. The number of rotatable bonds is 14. The van der Waals surface area contributed by atoms with Gasteiger partial charge in [0.2, 0.25) is 0 Å². The average Bonchev–Trinajstić information content (AvgIpc) is 2.55. The Morgan fingerprint density at radius 3 is 2.08 bits per heavy atom. The smallest absolute Gasteiger partial charge is 0.156 e. The molecule has 1 aromatic rings. The molecule has 0 saturated heterocycles. The summed E-state index contributed by atoms with van der Waals surface area (Å²) in [5.74, 6) is 0.297. The minimum absolute atomic E-state index is 0.297. The van der Waals surface area contributed by atoms with E-state index in [0.717, 1.165) is 18.5 Å². The van der Waals surface area contributed by atoms with E-state index >= 15 is 0 Å². The highest BCUT2D eigenvalue weighted by Crippen LogP contribution is 2.14. The Bertz CT molecular complexity index is 411. The number of hydrogen-bond acceptors (Lipinski definition) is 3. The summed E-state index contributed by atoms with van der Waals surface area (Å²) in [5, 5.41) is 10.0. The van der Waals surface area contributed by atoms with E-state index in [0.29, 0.717) is 5.75 Å². The van der Waals surface area contributed by atoms with Gasteiger partial charge in [-0.1, -0.05) is 82.4 Å². The van der Waals surface area contributed by atoms with Crippen LogP contribution >= 0.6 is 0 Å². The van der Waals surface area contributed by atoms with Crippen molar-refractivity contribution in [2.45, 2.75) is 84.2 Å². The molecule has 0 aliphatic rings. The van der Waals surface area contributed by atoms with E-state index < -0.39 is 17.5 Å². The minimum Gasteiger partial charge on any atom is -0.593 e. The second kappa shape index (κ2) is 13.6. The van der Waals surface area contributed by atoms with Gasteiger partial charge in [-0.25, -0.2) is 4.72 Å². The van der Waals surface area contributed by atoms with Crippen molar-refractivity contribution in [3.8, 4) is 0 Å². The van der Waals surface area contributed by atoms with Crippen LogP contribution in [0, 0.1) is 6.92 Å². The van der Waals surface area contributed by atoms with Crippen molar-refractivity contribution in [1.82, 2.24) is 0 Å². The van der Waals surface area contributed by atoms with Crippen molar-refractivity contribution in [3.05, 3.63) is 29.8 Å². The van der Waals surface area contributed by atoms with E-state index in [1.807, 2.05) is 31.2 Å². The molecule has 0 amide bonds. The molecule has 0 spiro atoms. The maximum Gasteiger partial charge on any atom is 0.156 e. The van der Waals surface area contributed by atoms with Crippen molar-refractivity contribution in [1.29, 1.82) is 0 Å². The van der Waals surface area contributed by atoms with Crippen molar-refractivity contribution < 1.29 is 9.66 Å². The van der Waals surface area contributed by atoms with Crippen LogP contribution in [0.3, 0.4) is 0 Å². The first kappa shape index (κ1) is 21.3. The Morgan fingerprint density at radius 1 is 0.958 bits per heavy atom. The maximum absolute atomic E-state index is 12.0. The van der Waals surface area contributed by atoms with Crippen molar-refractivity contribution in [2.75, 3.05) is 10.5 Å². The fourth-order valence-electron chi connectivity index (χ4n) is 2.74. The first-order chi connectivity index (χ1) is 11.6. The lowest BCUT2D eigenvalue weighted by Crippen LogP contribution is -2.26. The third kappa shape index (κ3) is 11.0. The monoisotopic (exact) mass is 353 g/mol. The van der Waals surface area contributed by atoms with Gasteiger partial charge >= 0.3 is 0 Å². The third-order valence-electron chi connectivity index (χ3n) is 4.27. The summed E-state index contributed by atoms with van der Waals surface area (Å²) < 4.78 is 15.0. The molecule has 1 aromatic carbocycles. The summed E-state index contributed by atoms with van der Waals surface area (Å²) >= 11 is -1.22. The number of benzene rings is 1. The molecule has 4 heteroatoms. The van der Waals surface area contributed by atoms with Gasteiger partial charge < -0.3 is 9.66 Å². The molecule has 0 aromatic heterocycles. The Morgan fingerprint density at radius 2 is 1.50 bits per heavy atom. The van der Waals surface area contributed by atoms with Gasteiger partial charge in [0, 0.05) is 0 Å². The Balaban J connectivity index is 2.00. The number of aliphatic hydroxyl groups excluding tert-OH is 1. The highest BCUT2D eigenvalue weighted by molar-refractivity contribution is 7.92. The number of anilines is 1. The molecule has 3 nitrogen and oxygen atoms in total. The Hall–Kier alpha value is -0.710. The zero-order valence-electron chi connectivity index (χ0n) is 15.4. The van der Waals surface area contributed by atoms with Crippen LogP contribution in [0.2, 0.25) is 0 Å². The molecule has 0 aliphatic heterocycles. The number of nitrogens with one attached hydrogen (secondary N) is 1. The first-order valence-corrected chi connectivity index (χ1v) is 10.8. The van der Waals surface area contributed by atoms with Crippen LogP contribution in [-0.2, 0) is 11.4 Å². The second-order valence-corrected chi connectivity index (χ2v) is 7.98. The van der Waals surface area contributed by atoms with E-state index in [4.69, 9.17) is 0 Å². The van der Waals surface area contributed by atoms with Crippen LogP contribution in [0.4, 0.5) is 5.69 Å². The highest BCUT2D eigenvalue weighted by atomic mass is 32.2. The van der Waals surface area contributed by atoms with Crippen molar-refractivity contribution in [3.63, 3.8) is 0 Å². The Kier molecular flexibility index (Phi) is 12.1. The van der Waals surface area contributed by atoms with Crippen LogP contribution in [0.25, 0.3) is 0 Å². The SMILES string of the molecule is CCCCCCCCCCCC(O)C[S+]([O-])Nc1ccc(C)cc1. The van der Waals surface area contributed by atoms with Gasteiger partial charge in [-0.3, -0.25) is 0 Å². The van der Waals surface area contributed by atoms with Gasteiger partial charge in [0.05, 0.1) is 17.0 Å². The van der Waals surface area contributed by atoms with E-state index in [1.165, 1.54) is 56.9 Å². The van der Waals surface area contributed by atoms with Crippen molar-refractivity contribution in [2.24, 2.45) is 0 Å². The summed E-state index contributed by atoms with van der Waals surface area (Å²) in [6.07, 6.45) is 11.8. The molecule has 2 unspecified atom stereocenters. The molecule has 2 N–H and O–H groups in total. The zero-order valence-corrected chi connectivity index (χ0v) is 16.2. The lowest BCUT2D eigenvalue weighted by molar-refractivity contribution is 0.182. The molecule has 0 aliphatic carbocycles. The highest BCUT2D eigenvalue weighted by Gasteiger charge is 2.14. The third-order valence-corrected chi connectivity index (χ3v) is 5.42. The normalized spacial score (nSPS) is 13.7. The fraction of sp³-hybridized carbons (Fsp3) is 0.700. The van der Waals surface area contributed by atoms with Crippen LogP contribution in [0.1, 0.15) is 76.7 Å². The molecule has 0 bridgehead atoms. The van der Waals surface area contributed by atoms with Crippen LogP contribution < -0.4 is 4.72 Å². The van der Waals surface area contributed by atoms with Gasteiger partial charge in [0.1, 0.15) is 6.10 Å². The van der Waals surface area contributed by atoms with Gasteiger partial charge in [-0.15, -0.1) is 0 Å². The molecule has 0 heterocycles. The summed E-state index contributed by atoms with van der Waals surface area (Å²) in [7, 11) is 0. The van der Waals surface area contributed by atoms with Gasteiger partial charge in [0.15, 0.2) is 5.75 Å². The lowest BCUT2D eigenvalue weighted by Gasteiger charge is -2.15. The fourth-order valence-corrected chi connectivity index (χ4v) is 3.74. The summed E-state index contributed by atoms with van der Waals surface area (Å²) in [4.78, 5) is 0. The summed E-state index contributed by atoms with van der Waals surface area (Å²) in [6.45, 7) is 4.27. The standard InChI is InChI=1S/C20H35NO2S/c1-3-4-5-6-7-8-9-10-11-12-20(22)17-24(23)21-19-15-13-18(2)14-16-19/h13-16,20-22H,3-12,17H2,1-2H3. The lowest BCUT2D eigenvalue weighted by atomic mass is 10.1. The Labute approximate surface area is 151 Å². The quantitative estimate of drug-likeness (QED) is 0.350. The van der Waals surface area contributed by atoms with Gasteiger partial charge in [-0.05, 0) is 25.5 Å². The van der Waals surface area contributed by atoms with Crippen molar-refractivity contribution >= 4 is 17.0 Å². The van der Waals surface area contributed by atoms with E-state index in [1.54, 1.807) is 0 Å². The predicted molar refractivity (Wildman–Crippen MR) is 106 cm³/mol. The molecule has 0 saturated carbocycles. The van der Waals surface area contributed by atoms with Gasteiger partial charge in [0.25, 0.3) is 0 Å². The first-order valence-electron chi connectivity index (χ1n) is 9.51. The van der Waals surface area contributed by atoms with E-state index in [-0.39, 0.29) is 0 Å². The van der Waals surface area contributed by atoms with Crippen LogP contribution in [-0.4, -0.2) is 21.5 Å². The number of hydrogen-bond donors (Lipinski definition) is 2. The summed E-state index contributed by atoms with van der Waals surface area (Å²) in [5.41, 5.74) is 2.02. The molecular weight excluding hydrogens is 318 g/mol. The van der Waals surface area contributed by atoms with E-state index in [2.05, 4.69) is 11.6 Å². The minimum atomic E-state index is -1.22. The number of aliphatic hydroxyl groups is 1. The van der Waals surface area contributed by atoms with Crippen LogP contribution in [0.15, 0.2) is 24.3 Å².